The Morgan fingerprint density at radius 1 is 1.17 bits per heavy atom. The van der Waals surface area contributed by atoms with Gasteiger partial charge in [0.05, 0.1) is 13.2 Å². The SMILES string of the molecule is COc1ccccc1[C@@H](CNC(=O)c1ccc(Cl)cc1)N(C)C. The lowest BCUT2D eigenvalue weighted by Crippen LogP contribution is -2.34. The number of para-hydroxylation sites is 1. The summed E-state index contributed by atoms with van der Waals surface area (Å²) in [7, 11) is 5.61. The smallest absolute Gasteiger partial charge is 0.251 e. The number of carbonyl (C=O) groups excluding carboxylic acids is 1. The maximum atomic E-state index is 12.3. The molecular formula is C18H21ClN2O2. The Kier molecular flexibility index (Phi) is 6.02. The van der Waals surface area contributed by atoms with Gasteiger partial charge in [0.1, 0.15) is 5.75 Å². The lowest BCUT2D eigenvalue weighted by atomic mass is 10.0. The Balaban J connectivity index is 2.11. The van der Waals surface area contributed by atoms with Crippen LogP contribution >= 0.6 is 11.6 Å². The quantitative estimate of drug-likeness (QED) is 0.881. The zero-order valence-electron chi connectivity index (χ0n) is 13.5. The third-order valence-electron chi connectivity index (χ3n) is 3.68. The highest BCUT2D eigenvalue weighted by atomic mass is 35.5. The van der Waals surface area contributed by atoms with Crippen LogP contribution in [0.3, 0.4) is 0 Å². The van der Waals surface area contributed by atoms with Crippen molar-refractivity contribution in [3.05, 3.63) is 64.7 Å². The number of ether oxygens (including phenoxy) is 1. The number of likely N-dealkylation sites (N-methyl/N-ethyl adjacent to an activating group) is 1. The molecule has 23 heavy (non-hydrogen) atoms. The summed E-state index contributed by atoms with van der Waals surface area (Å²) in [5.74, 6) is 0.690. The standard InChI is InChI=1S/C18H21ClN2O2/c1-21(2)16(15-6-4-5-7-17(15)23-3)12-20-18(22)13-8-10-14(19)11-9-13/h4-11,16H,12H2,1-3H3,(H,20,22)/t16-/m1/s1. The lowest BCUT2D eigenvalue weighted by Gasteiger charge is -2.26. The van der Waals surface area contributed by atoms with E-state index >= 15 is 0 Å². The van der Waals surface area contributed by atoms with Crippen molar-refractivity contribution in [2.24, 2.45) is 0 Å². The number of hydrogen-bond donors (Lipinski definition) is 1. The number of rotatable bonds is 6. The second kappa shape index (κ2) is 7.99. The molecule has 1 amide bonds. The molecule has 0 aromatic heterocycles. The Bertz CT molecular complexity index is 656. The number of nitrogens with zero attached hydrogens (tertiary/aromatic N) is 1. The molecule has 0 aliphatic carbocycles. The van der Waals surface area contributed by atoms with Gasteiger partial charge < -0.3 is 15.0 Å². The van der Waals surface area contributed by atoms with Gasteiger partial charge in [-0.05, 0) is 44.4 Å². The van der Waals surface area contributed by atoms with Crippen LogP contribution in [0.1, 0.15) is 22.0 Å². The molecule has 0 saturated heterocycles. The van der Waals surface area contributed by atoms with Crippen molar-refractivity contribution >= 4 is 17.5 Å². The van der Waals surface area contributed by atoms with E-state index in [2.05, 4.69) is 10.2 Å². The van der Waals surface area contributed by atoms with Crippen molar-refractivity contribution in [3.8, 4) is 5.75 Å². The van der Waals surface area contributed by atoms with E-state index in [-0.39, 0.29) is 11.9 Å². The third kappa shape index (κ3) is 4.47. The fraction of sp³-hybridized carbons (Fsp3) is 0.278. The number of methoxy groups -OCH3 is 1. The van der Waals surface area contributed by atoms with E-state index in [4.69, 9.17) is 16.3 Å². The molecule has 122 valence electrons. The summed E-state index contributed by atoms with van der Waals surface area (Å²) in [4.78, 5) is 14.3. The van der Waals surface area contributed by atoms with Gasteiger partial charge in [0.2, 0.25) is 0 Å². The van der Waals surface area contributed by atoms with Gasteiger partial charge in [-0.15, -0.1) is 0 Å². The summed E-state index contributed by atoms with van der Waals surface area (Å²) < 4.78 is 5.43. The molecule has 1 atom stereocenters. The van der Waals surface area contributed by atoms with E-state index in [9.17, 15) is 4.79 Å². The molecule has 0 unspecified atom stereocenters. The van der Waals surface area contributed by atoms with Gasteiger partial charge in [-0.2, -0.15) is 0 Å². The molecule has 0 aliphatic rings. The predicted octanol–water partition coefficient (Wildman–Crippen LogP) is 3.38. The summed E-state index contributed by atoms with van der Waals surface area (Å²) in [6, 6.07) is 14.7. The van der Waals surface area contributed by atoms with E-state index in [1.807, 2.05) is 38.4 Å². The monoisotopic (exact) mass is 332 g/mol. The molecule has 0 bridgehead atoms. The van der Waals surface area contributed by atoms with E-state index < -0.39 is 0 Å². The molecule has 2 aromatic carbocycles. The van der Waals surface area contributed by atoms with Crippen molar-refractivity contribution in [3.63, 3.8) is 0 Å². The van der Waals surface area contributed by atoms with Crippen LogP contribution in [0.25, 0.3) is 0 Å². The minimum Gasteiger partial charge on any atom is -0.496 e. The molecule has 0 radical (unpaired) electrons. The predicted molar refractivity (Wildman–Crippen MR) is 93.2 cm³/mol. The molecular weight excluding hydrogens is 312 g/mol. The number of benzene rings is 2. The zero-order valence-corrected chi connectivity index (χ0v) is 14.3. The molecule has 5 heteroatoms. The molecule has 0 saturated carbocycles. The molecule has 2 aromatic rings. The summed E-state index contributed by atoms with van der Waals surface area (Å²) in [5.41, 5.74) is 1.63. The van der Waals surface area contributed by atoms with Crippen LogP contribution in [0.2, 0.25) is 5.02 Å². The molecule has 0 aliphatic heterocycles. The number of amides is 1. The first-order valence-corrected chi connectivity index (χ1v) is 7.74. The van der Waals surface area contributed by atoms with Gasteiger partial charge in [-0.3, -0.25) is 4.79 Å². The van der Waals surface area contributed by atoms with Crippen molar-refractivity contribution in [2.75, 3.05) is 27.7 Å². The summed E-state index contributed by atoms with van der Waals surface area (Å²) in [6.07, 6.45) is 0. The Labute approximate surface area is 142 Å². The highest BCUT2D eigenvalue weighted by Crippen LogP contribution is 2.27. The number of carbonyl (C=O) groups is 1. The maximum absolute atomic E-state index is 12.3. The van der Waals surface area contributed by atoms with Crippen molar-refractivity contribution in [1.82, 2.24) is 10.2 Å². The fourth-order valence-electron chi connectivity index (χ4n) is 2.41. The topological polar surface area (TPSA) is 41.6 Å². The summed E-state index contributed by atoms with van der Waals surface area (Å²) in [6.45, 7) is 0.481. The van der Waals surface area contributed by atoms with E-state index in [0.717, 1.165) is 11.3 Å². The minimum absolute atomic E-state index is 0.0161. The largest absolute Gasteiger partial charge is 0.496 e. The molecule has 0 spiro atoms. The number of nitrogens with one attached hydrogen (secondary N) is 1. The second-order valence-corrected chi connectivity index (χ2v) is 5.87. The highest BCUT2D eigenvalue weighted by Gasteiger charge is 2.19. The summed E-state index contributed by atoms with van der Waals surface area (Å²) in [5, 5.41) is 3.58. The Hall–Kier alpha value is -2.04. The van der Waals surface area contributed by atoms with Crippen molar-refractivity contribution in [2.45, 2.75) is 6.04 Å². The van der Waals surface area contributed by atoms with Gasteiger partial charge >= 0.3 is 0 Å². The van der Waals surface area contributed by atoms with Crippen molar-refractivity contribution in [1.29, 1.82) is 0 Å². The first-order valence-electron chi connectivity index (χ1n) is 7.36. The van der Waals surface area contributed by atoms with E-state index in [0.29, 0.717) is 17.1 Å². The molecule has 2 rings (SSSR count). The van der Waals surface area contributed by atoms with Crippen molar-refractivity contribution < 1.29 is 9.53 Å². The molecule has 1 N–H and O–H groups in total. The van der Waals surface area contributed by atoms with Gasteiger partial charge in [0, 0.05) is 22.7 Å². The second-order valence-electron chi connectivity index (χ2n) is 5.44. The normalized spacial score (nSPS) is 12.0. The average molecular weight is 333 g/mol. The first-order chi connectivity index (χ1) is 11.0. The van der Waals surface area contributed by atoms with Gasteiger partial charge in [-0.1, -0.05) is 29.8 Å². The van der Waals surface area contributed by atoms with Crippen LogP contribution in [-0.2, 0) is 0 Å². The Morgan fingerprint density at radius 2 is 1.83 bits per heavy atom. The number of halogens is 1. The van der Waals surface area contributed by atoms with E-state index in [1.54, 1.807) is 31.4 Å². The zero-order chi connectivity index (χ0) is 16.8. The van der Waals surface area contributed by atoms with E-state index in [1.165, 1.54) is 0 Å². The number of hydrogen-bond acceptors (Lipinski definition) is 3. The van der Waals surface area contributed by atoms with Gasteiger partial charge in [0.15, 0.2) is 0 Å². The molecule has 0 fully saturated rings. The van der Waals surface area contributed by atoms with Crippen LogP contribution in [0.15, 0.2) is 48.5 Å². The third-order valence-corrected chi connectivity index (χ3v) is 3.94. The fourth-order valence-corrected chi connectivity index (χ4v) is 2.53. The average Bonchev–Trinajstić information content (AvgIpc) is 2.55. The van der Waals surface area contributed by atoms with Gasteiger partial charge in [-0.25, -0.2) is 0 Å². The Morgan fingerprint density at radius 3 is 2.43 bits per heavy atom. The molecule has 0 heterocycles. The molecule has 4 nitrogen and oxygen atoms in total. The minimum atomic E-state index is -0.122. The highest BCUT2D eigenvalue weighted by molar-refractivity contribution is 6.30. The van der Waals surface area contributed by atoms with Crippen LogP contribution in [0.5, 0.6) is 5.75 Å². The van der Waals surface area contributed by atoms with Crippen LogP contribution in [0, 0.1) is 0 Å². The maximum Gasteiger partial charge on any atom is 0.251 e. The van der Waals surface area contributed by atoms with Gasteiger partial charge in [0.25, 0.3) is 5.91 Å². The van der Waals surface area contributed by atoms with Crippen LogP contribution < -0.4 is 10.1 Å². The summed E-state index contributed by atoms with van der Waals surface area (Å²) >= 11 is 5.85. The van der Waals surface area contributed by atoms with Crippen LogP contribution in [0.4, 0.5) is 0 Å². The van der Waals surface area contributed by atoms with Crippen LogP contribution in [-0.4, -0.2) is 38.6 Å². The lowest BCUT2D eigenvalue weighted by molar-refractivity contribution is 0.0941. The first kappa shape index (κ1) is 17.3.